The van der Waals surface area contributed by atoms with Crippen molar-refractivity contribution >= 4 is 35.3 Å². The summed E-state index contributed by atoms with van der Waals surface area (Å²) in [4.78, 5) is 23.4. The van der Waals surface area contributed by atoms with E-state index in [1.807, 2.05) is 19.1 Å². The van der Waals surface area contributed by atoms with Gasteiger partial charge in [0.25, 0.3) is 0 Å². The Labute approximate surface area is 133 Å². The maximum Gasteiger partial charge on any atom is 0.329 e. The molecule has 0 heterocycles. The number of hydrogen-bond acceptors (Lipinski definition) is 3. The smallest absolute Gasteiger partial charge is 0.317 e. The first kappa shape index (κ1) is 15.7. The molecule has 0 saturated carbocycles. The molecule has 2 rings (SSSR count). The van der Waals surface area contributed by atoms with Crippen molar-refractivity contribution in [3.8, 4) is 0 Å². The van der Waals surface area contributed by atoms with Gasteiger partial charge in [-0.1, -0.05) is 41.9 Å². The van der Waals surface area contributed by atoms with Gasteiger partial charge < -0.3 is 5.32 Å². The largest absolute Gasteiger partial charge is 0.329 e. The summed E-state index contributed by atoms with van der Waals surface area (Å²) in [6.07, 6.45) is 1.41. The molecule has 0 aliphatic rings. The minimum absolute atomic E-state index is 0.563. The molecule has 5 nitrogen and oxygen atoms in total. The molecule has 0 spiro atoms. The number of carbonyl (C=O) groups is 2. The lowest BCUT2D eigenvalue weighted by molar-refractivity contribution is -0.136. The van der Waals surface area contributed by atoms with Gasteiger partial charge in [-0.05, 0) is 36.2 Å². The van der Waals surface area contributed by atoms with Gasteiger partial charge in [-0.15, -0.1) is 0 Å². The molecule has 0 saturated heterocycles. The Bertz CT molecular complexity index is 729. The maximum atomic E-state index is 11.7. The van der Waals surface area contributed by atoms with E-state index in [9.17, 15) is 9.59 Å². The molecule has 0 atom stereocenters. The van der Waals surface area contributed by atoms with Crippen LogP contribution in [0.1, 0.15) is 11.1 Å². The Morgan fingerprint density at radius 1 is 1.09 bits per heavy atom. The fraction of sp³-hybridized carbons (Fsp3) is 0.0625. The Balaban J connectivity index is 1.92. The molecule has 112 valence electrons. The lowest BCUT2D eigenvalue weighted by Gasteiger charge is -2.06. The second-order valence-corrected chi connectivity index (χ2v) is 4.96. The van der Waals surface area contributed by atoms with E-state index in [-0.39, 0.29) is 0 Å². The lowest BCUT2D eigenvalue weighted by Crippen LogP contribution is -2.32. The summed E-state index contributed by atoms with van der Waals surface area (Å²) in [5.74, 6) is -1.63. The van der Waals surface area contributed by atoms with Crippen LogP contribution in [0.25, 0.3) is 0 Å². The quantitative estimate of drug-likeness (QED) is 0.519. The van der Waals surface area contributed by atoms with Crippen molar-refractivity contribution in [1.82, 2.24) is 5.43 Å². The molecule has 2 amide bonds. The van der Waals surface area contributed by atoms with Crippen molar-refractivity contribution in [2.24, 2.45) is 5.10 Å². The normalized spacial score (nSPS) is 10.5. The van der Waals surface area contributed by atoms with Gasteiger partial charge in [-0.2, -0.15) is 5.10 Å². The third-order valence-corrected chi connectivity index (χ3v) is 3.06. The van der Waals surface area contributed by atoms with E-state index in [1.54, 1.807) is 36.4 Å². The van der Waals surface area contributed by atoms with Gasteiger partial charge in [0.15, 0.2) is 0 Å². The molecule has 22 heavy (non-hydrogen) atoms. The van der Waals surface area contributed by atoms with Gasteiger partial charge in [0.2, 0.25) is 0 Å². The van der Waals surface area contributed by atoms with E-state index in [2.05, 4.69) is 15.8 Å². The van der Waals surface area contributed by atoms with Crippen molar-refractivity contribution in [3.63, 3.8) is 0 Å². The zero-order valence-electron chi connectivity index (χ0n) is 11.8. The zero-order chi connectivity index (χ0) is 15.9. The number of anilines is 1. The van der Waals surface area contributed by atoms with Gasteiger partial charge in [0, 0.05) is 10.7 Å². The first-order chi connectivity index (χ1) is 10.6. The van der Waals surface area contributed by atoms with Crippen LogP contribution in [0.3, 0.4) is 0 Å². The molecule has 0 unspecified atom stereocenters. The lowest BCUT2D eigenvalue weighted by atomic mass is 10.2. The van der Waals surface area contributed by atoms with E-state index in [1.165, 1.54) is 6.21 Å². The number of nitrogens with one attached hydrogen (secondary N) is 2. The fourth-order valence-corrected chi connectivity index (χ4v) is 1.89. The number of hydrazone groups is 1. The number of carbonyl (C=O) groups excluding carboxylic acids is 2. The molecule has 2 aromatic rings. The average Bonchev–Trinajstić information content (AvgIpc) is 2.49. The van der Waals surface area contributed by atoms with Crippen LogP contribution in [0.5, 0.6) is 0 Å². The summed E-state index contributed by atoms with van der Waals surface area (Å²) in [6.45, 7) is 1.84. The van der Waals surface area contributed by atoms with Crippen LogP contribution in [-0.2, 0) is 9.59 Å². The Morgan fingerprint density at radius 2 is 1.86 bits per heavy atom. The van der Waals surface area contributed by atoms with Crippen LogP contribution < -0.4 is 10.7 Å². The van der Waals surface area contributed by atoms with Crippen LogP contribution in [0.2, 0.25) is 5.02 Å². The molecule has 0 fully saturated rings. The predicted octanol–water partition coefficient (Wildman–Crippen LogP) is 2.74. The number of halogens is 1. The molecule has 2 N–H and O–H groups in total. The summed E-state index contributed by atoms with van der Waals surface area (Å²) >= 11 is 5.83. The highest BCUT2D eigenvalue weighted by Gasteiger charge is 2.13. The molecule has 2 aromatic carbocycles. The number of nitrogens with zero attached hydrogens (tertiary/aromatic N) is 1. The van der Waals surface area contributed by atoms with Crippen LogP contribution in [-0.4, -0.2) is 18.0 Å². The van der Waals surface area contributed by atoms with E-state index in [4.69, 9.17) is 11.6 Å². The Hall–Kier alpha value is -2.66. The molecule has 0 bridgehead atoms. The monoisotopic (exact) mass is 315 g/mol. The summed E-state index contributed by atoms with van der Waals surface area (Å²) < 4.78 is 0. The maximum absolute atomic E-state index is 11.7. The highest BCUT2D eigenvalue weighted by Crippen LogP contribution is 2.12. The van der Waals surface area contributed by atoms with E-state index < -0.39 is 11.8 Å². The van der Waals surface area contributed by atoms with Crippen molar-refractivity contribution in [3.05, 3.63) is 64.7 Å². The minimum Gasteiger partial charge on any atom is -0.317 e. The summed E-state index contributed by atoms with van der Waals surface area (Å²) in [6, 6.07) is 14.1. The number of amides is 2. The Kier molecular flexibility index (Phi) is 5.27. The Morgan fingerprint density at radius 3 is 2.59 bits per heavy atom. The third-order valence-electron chi connectivity index (χ3n) is 2.83. The average molecular weight is 316 g/mol. The van der Waals surface area contributed by atoms with Gasteiger partial charge in [-0.3, -0.25) is 9.59 Å². The molecule has 0 aromatic heterocycles. The second kappa shape index (κ2) is 7.38. The van der Waals surface area contributed by atoms with Gasteiger partial charge in [0.1, 0.15) is 0 Å². The van der Waals surface area contributed by atoms with Crippen LogP contribution in [0.4, 0.5) is 5.69 Å². The SMILES string of the molecule is Cc1ccccc1NC(=O)C(=O)NN=Cc1cccc(Cl)c1. The highest BCUT2D eigenvalue weighted by molar-refractivity contribution is 6.39. The zero-order valence-corrected chi connectivity index (χ0v) is 12.6. The third kappa shape index (κ3) is 4.43. The molecular weight excluding hydrogens is 302 g/mol. The van der Waals surface area contributed by atoms with Gasteiger partial charge >= 0.3 is 11.8 Å². The van der Waals surface area contributed by atoms with E-state index in [0.717, 1.165) is 5.56 Å². The van der Waals surface area contributed by atoms with Crippen LogP contribution in [0.15, 0.2) is 53.6 Å². The fourth-order valence-electron chi connectivity index (χ4n) is 1.70. The topological polar surface area (TPSA) is 70.6 Å². The predicted molar refractivity (Wildman–Crippen MR) is 87.0 cm³/mol. The molecule has 0 aliphatic heterocycles. The van der Waals surface area contributed by atoms with Crippen LogP contribution >= 0.6 is 11.6 Å². The van der Waals surface area contributed by atoms with Crippen molar-refractivity contribution in [2.75, 3.05) is 5.32 Å². The number of rotatable bonds is 3. The molecule has 0 radical (unpaired) electrons. The van der Waals surface area contributed by atoms with Crippen molar-refractivity contribution in [2.45, 2.75) is 6.92 Å². The second-order valence-electron chi connectivity index (χ2n) is 4.52. The van der Waals surface area contributed by atoms with Gasteiger partial charge in [0.05, 0.1) is 6.21 Å². The summed E-state index contributed by atoms with van der Waals surface area (Å²) in [5, 5.41) is 6.81. The highest BCUT2D eigenvalue weighted by atomic mass is 35.5. The summed E-state index contributed by atoms with van der Waals surface area (Å²) in [5.41, 5.74) is 4.33. The first-order valence-electron chi connectivity index (χ1n) is 6.52. The van der Waals surface area contributed by atoms with Crippen LogP contribution in [0, 0.1) is 6.92 Å². The number of benzene rings is 2. The van der Waals surface area contributed by atoms with Crippen molar-refractivity contribution < 1.29 is 9.59 Å². The van der Waals surface area contributed by atoms with Gasteiger partial charge in [-0.25, -0.2) is 5.43 Å². The van der Waals surface area contributed by atoms with Crippen molar-refractivity contribution in [1.29, 1.82) is 0 Å². The van der Waals surface area contributed by atoms with E-state index in [0.29, 0.717) is 16.3 Å². The molecular formula is C16H14ClN3O2. The molecule has 0 aliphatic carbocycles. The number of hydrogen-bond donors (Lipinski definition) is 2. The standard InChI is InChI=1S/C16H14ClN3O2/c1-11-5-2-3-8-14(11)19-15(21)16(22)20-18-10-12-6-4-7-13(17)9-12/h2-10H,1H3,(H,19,21)(H,20,22). The summed E-state index contributed by atoms with van der Waals surface area (Å²) in [7, 11) is 0. The number of para-hydroxylation sites is 1. The number of aryl methyl sites for hydroxylation is 1. The first-order valence-corrected chi connectivity index (χ1v) is 6.89. The molecule has 6 heteroatoms. The van der Waals surface area contributed by atoms with E-state index >= 15 is 0 Å². The minimum atomic E-state index is -0.846.